The van der Waals surface area contributed by atoms with Crippen LogP contribution < -0.4 is 4.90 Å². The van der Waals surface area contributed by atoms with Gasteiger partial charge in [-0.15, -0.1) is 0 Å². The number of halogens is 2. The molecule has 0 N–H and O–H groups in total. The summed E-state index contributed by atoms with van der Waals surface area (Å²) in [6, 6.07) is 12.6. The SMILES string of the molecule is O=C(c1ccc(-c2ccc(F)cc2F)cc1)C1CC2CCCN(c3ncccn3)C2C1. The van der Waals surface area contributed by atoms with Gasteiger partial charge in [0, 0.05) is 48.1 Å². The third kappa shape index (κ3) is 3.82. The van der Waals surface area contributed by atoms with Crippen molar-refractivity contribution in [3.63, 3.8) is 0 Å². The van der Waals surface area contributed by atoms with Crippen LogP contribution in [0.15, 0.2) is 60.9 Å². The zero-order valence-electron chi connectivity index (χ0n) is 17.0. The van der Waals surface area contributed by atoms with E-state index in [0.717, 1.165) is 44.2 Å². The van der Waals surface area contributed by atoms with Gasteiger partial charge in [0.2, 0.25) is 5.95 Å². The van der Waals surface area contributed by atoms with Crippen molar-refractivity contribution in [3.8, 4) is 11.1 Å². The van der Waals surface area contributed by atoms with Crippen molar-refractivity contribution in [2.45, 2.75) is 31.7 Å². The molecule has 0 spiro atoms. The van der Waals surface area contributed by atoms with Gasteiger partial charge in [-0.2, -0.15) is 0 Å². The number of nitrogens with zero attached hydrogens (tertiary/aromatic N) is 3. The number of hydrogen-bond acceptors (Lipinski definition) is 4. The minimum absolute atomic E-state index is 0.0345. The fraction of sp³-hybridized carbons (Fsp3) is 0.320. The van der Waals surface area contributed by atoms with E-state index in [1.807, 2.05) is 6.07 Å². The molecule has 158 valence electrons. The minimum Gasteiger partial charge on any atom is -0.338 e. The smallest absolute Gasteiger partial charge is 0.225 e. The van der Waals surface area contributed by atoms with Gasteiger partial charge in [-0.25, -0.2) is 18.7 Å². The maximum Gasteiger partial charge on any atom is 0.225 e. The Labute approximate surface area is 180 Å². The minimum atomic E-state index is -0.609. The normalized spacial score (nSPS) is 22.9. The summed E-state index contributed by atoms with van der Waals surface area (Å²) in [6.45, 7) is 0.921. The Morgan fingerprint density at radius 2 is 1.77 bits per heavy atom. The van der Waals surface area contributed by atoms with Crippen molar-refractivity contribution < 1.29 is 13.6 Å². The van der Waals surface area contributed by atoms with Crippen LogP contribution in [0.2, 0.25) is 0 Å². The van der Waals surface area contributed by atoms with Crippen LogP contribution in [0.25, 0.3) is 11.1 Å². The molecule has 3 aromatic rings. The lowest BCUT2D eigenvalue weighted by Gasteiger charge is -2.37. The lowest BCUT2D eigenvalue weighted by atomic mass is 9.91. The highest BCUT2D eigenvalue weighted by atomic mass is 19.1. The van der Waals surface area contributed by atoms with E-state index in [1.165, 1.54) is 12.1 Å². The van der Waals surface area contributed by atoms with Crippen LogP contribution in [0.5, 0.6) is 0 Å². The van der Waals surface area contributed by atoms with Crippen molar-refractivity contribution >= 4 is 11.7 Å². The number of fused-ring (bicyclic) bond motifs is 1. The van der Waals surface area contributed by atoms with E-state index in [4.69, 9.17) is 0 Å². The van der Waals surface area contributed by atoms with Crippen LogP contribution in [-0.2, 0) is 0 Å². The highest BCUT2D eigenvalue weighted by molar-refractivity contribution is 5.98. The summed E-state index contributed by atoms with van der Waals surface area (Å²) in [6.07, 6.45) is 7.40. The summed E-state index contributed by atoms with van der Waals surface area (Å²) >= 11 is 0. The maximum atomic E-state index is 14.1. The second kappa shape index (κ2) is 8.17. The summed E-state index contributed by atoms with van der Waals surface area (Å²) in [5.41, 5.74) is 1.59. The largest absolute Gasteiger partial charge is 0.338 e. The molecule has 2 fully saturated rings. The molecule has 2 aromatic carbocycles. The van der Waals surface area contributed by atoms with E-state index < -0.39 is 11.6 Å². The molecular weight excluding hydrogens is 396 g/mol. The summed E-state index contributed by atoms with van der Waals surface area (Å²) in [4.78, 5) is 24.3. The van der Waals surface area contributed by atoms with E-state index in [1.54, 1.807) is 36.7 Å². The maximum absolute atomic E-state index is 14.1. The van der Waals surface area contributed by atoms with E-state index in [-0.39, 0.29) is 17.7 Å². The van der Waals surface area contributed by atoms with E-state index in [2.05, 4.69) is 14.9 Å². The van der Waals surface area contributed by atoms with Crippen LogP contribution in [0.4, 0.5) is 14.7 Å². The summed E-state index contributed by atoms with van der Waals surface area (Å²) in [5, 5.41) is 0. The number of anilines is 1. The molecule has 2 heterocycles. The third-order valence-electron chi connectivity index (χ3n) is 6.62. The van der Waals surface area contributed by atoms with Gasteiger partial charge in [0.25, 0.3) is 0 Å². The number of rotatable bonds is 4. The molecule has 0 radical (unpaired) electrons. The monoisotopic (exact) mass is 419 g/mol. The highest BCUT2D eigenvalue weighted by Gasteiger charge is 2.43. The first kappa shape index (κ1) is 19.8. The first-order chi connectivity index (χ1) is 15.1. The molecular formula is C25H23F2N3O. The molecule has 1 aliphatic carbocycles. The highest BCUT2D eigenvalue weighted by Crippen LogP contribution is 2.42. The first-order valence-corrected chi connectivity index (χ1v) is 10.7. The number of aromatic nitrogens is 2. The molecule has 31 heavy (non-hydrogen) atoms. The van der Waals surface area contributed by atoms with Crippen molar-refractivity contribution in [1.82, 2.24) is 9.97 Å². The van der Waals surface area contributed by atoms with Crippen LogP contribution in [0.3, 0.4) is 0 Å². The Kier molecular flexibility index (Phi) is 5.22. The number of piperidine rings is 1. The lowest BCUT2D eigenvalue weighted by Crippen LogP contribution is -2.43. The predicted octanol–water partition coefficient (Wildman–Crippen LogP) is 5.30. The Hall–Kier alpha value is -3.15. The molecule has 3 unspecified atom stereocenters. The van der Waals surface area contributed by atoms with Gasteiger partial charge in [-0.3, -0.25) is 4.79 Å². The number of carbonyl (C=O) groups excluding carboxylic acids is 1. The number of benzene rings is 2. The average molecular weight is 419 g/mol. The Morgan fingerprint density at radius 1 is 1.00 bits per heavy atom. The standard InChI is InChI=1S/C25H23F2N3O/c26-20-8-9-21(22(27)15-20)16-4-6-17(7-5-16)24(31)19-13-18-3-1-12-30(23(18)14-19)25-28-10-2-11-29-25/h2,4-11,15,18-19,23H,1,3,12-14H2. The second-order valence-corrected chi connectivity index (χ2v) is 8.45. The molecule has 1 aromatic heterocycles. The Morgan fingerprint density at radius 3 is 2.52 bits per heavy atom. The average Bonchev–Trinajstić information content (AvgIpc) is 3.24. The molecule has 0 bridgehead atoms. The number of carbonyl (C=O) groups is 1. The van der Waals surface area contributed by atoms with Crippen LogP contribution in [0.1, 0.15) is 36.0 Å². The summed E-state index contributed by atoms with van der Waals surface area (Å²) in [5.74, 6) is 0.102. The molecule has 1 saturated heterocycles. The van der Waals surface area contributed by atoms with Gasteiger partial charge < -0.3 is 4.90 Å². The first-order valence-electron chi connectivity index (χ1n) is 10.7. The van der Waals surface area contributed by atoms with E-state index in [0.29, 0.717) is 22.6 Å². The number of ketones is 1. The zero-order valence-corrected chi connectivity index (χ0v) is 17.0. The zero-order chi connectivity index (χ0) is 21.4. The van der Waals surface area contributed by atoms with E-state index in [9.17, 15) is 13.6 Å². The van der Waals surface area contributed by atoms with E-state index >= 15 is 0 Å². The molecule has 1 aliphatic heterocycles. The number of hydrogen-bond donors (Lipinski definition) is 0. The fourth-order valence-corrected chi connectivity index (χ4v) is 5.16. The fourth-order valence-electron chi connectivity index (χ4n) is 5.16. The van der Waals surface area contributed by atoms with Crippen molar-refractivity contribution in [2.75, 3.05) is 11.4 Å². The predicted molar refractivity (Wildman–Crippen MR) is 115 cm³/mol. The third-order valence-corrected chi connectivity index (χ3v) is 6.62. The molecule has 6 heteroatoms. The number of Topliss-reactive ketones (excluding diaryl/α,β-unsaturated/α-hetero) is 1. The van der Waals surface area contributed by atoms with Crippen molar-refractivity contribution in [2.24, 2.45) is 11.8 Å². The van der Waals surface area contributed by atoms with Crippen LogP contribution in [0, 0.1) is 23.5 Å². The van der Waals surface area contributed by atoms with Crippen LogP contribution in [-0.4, -0.2) is 28.3 Å². The van der Waals surface area contributed by atoms with Crippen molar-refractivity contribution in [3.05, 3.63) is 78.1 Å². The molecule has 2 aliphatic rings. The summed E-state index contributed by atoms with van der Waals surface area (Å²) in [7, 11) is 0. The van der Waals surface area contributed by atoms with Gasteiger partial charge in [0.15, 0.2) is 5.78 Å². The molecule has 3 atom stereocenters. The van der Waals surface area contributed by atoms with Gasteiger partial charge >= 0.3 is 0 Å². The van der Waals surface area contributed by atoms with Crippen molar-refractivity contribution in [1.29, 1.82) is 0 Å². The Bertz CT molecular complexity index is 1090. The molecule has 4 nitrogen and oxygen atoms in total. The quantitative estimate of drug-likeness (QED) is 0.539. The lowest BCUT2D eigenvalue weighted by molar-refractivity contribution is 0.0919. The van der Waals surface area contributed by atoms with Crippen LogP contribution >= 0.6 is 0 Å². The summed E-state index contributed by atoms with van der Waals surface area (Å²) < 4.78 is 27.2. The molecule has 1 saturated carbocycles. The second-order valence-electron chi connectivity index (χ2n) is 8.45. The van der Waals surface area contributed by atoms with Gasteiger partial charge in [0.05, 0.1) is 0 Å². The van der Waals surface area contributed by atoms with Gasteiger partial charge in [0.1, 0.15) is 11.6 Å². The Balaban J connectivity index is 1.33. The van der Waals surface area contributed by atoms with Gasteiger partial charge in [-0.1, -0.05) is 24.3 Å². The topological polar surface area (TPSA) is 46.1 Å². The molecule has 5 rings (SSSR count). The van der Waals surface area contributed by atoms with Gasteiger partial charge in [-0.05, 0) is 55.4 Å². The molecule has 0 amide bonds.